The first-order valence-electron chi connectivity index (χ1n) is 4.80. The number of hydrogen-bond donors (Lipinski definition) is 2. The second-order valence-electron chi connectivity index (χ2n) is 3.30. The molecule has 82 valence electrons. The molecular formula is C9H13N3O3. The molecule has 0 spiro atoms. The Morgan fingerprint density at radius 3 is 3.13 bits per heavy atom. The van der Waals surface area contributed by atoms with Gasteiger partial charge in [-0.3, -0.25) is 4.79 Å². The lowest BCUT2D eigenvalue weighted by molar-refractivity contribution is 0.202. The molecule has 1 unspecified atom stereocenters. The second-order valence-corrected chi connectivity index (χ2v) is 3.30. The fourth-order valence-corrected chi connectivity index (χ4v) is 1.52. The van der Waals surface area contributed by atoms with Gasteiger partial charge in [0.25, 0.3) is 11.4 Å². The molecule has 0 amide bonds. The van der Waals surface area contributed by atoms with Crippen molar-refractivity contribution in [2.24, 2.45) is 0 Å². The van der Waals surface area contributed by atoms with Crippen molar-refractivity contribution in [3.63, 3.8) is 0 Å². The van der Waals surface area contributed by atoms with Gasteiger partial charge in [0, 0.05) is 6.54 Å². The van der Waals surface area contributed by atoms with Crippen molar-refractivity contribution in [2.75, 3.05) is 20.2 Å². The van der Waals surface area contributed by atoms with Crippen molar-refractivity contribution in [1.29, 1.82) is 0 Å². The van der Waals surface area contributed by atoms with Crippen molar-refractivity contribution >= 4 is 0 Å². The Morgan fingerprint density at radius 2 is 2.47 bits per heavy atom. The van der Waals surface area contributed by atoms with Gasteiger partial charge in [-0.1, -0.05) is 0 Å². The minimum absolute atomic E-state index is 0.0631. The van der Waals surface area contributed by atoms with Crippen molar-refractivity contribution in [2.45, 2.75) is 12.5 Å². The fourth-order valence-electron chi connectivity index (χ4n) is 1.52. The Labute approximate surface area is 86.6 Å². The molecule has 1 aliphatic heterocycles. The van der Waals surface area contributed by atoms with Crippen LogP contribution in [0.1, 0.15) is 6.42 Å². The fraction of sp³-hybridized carbons (Fsp3) is 0.556. The molecule has 6 heteroatoms. The molecule has 0 aliphatic carbocycles. The van der Waals surface area contributed by atoms with Crippen LogP contribution in [0, 0.1) is 0 Å². The van der Waals surface area contributed by atoms with Crippen LogP contribution in [0.4, 0.5) is 0 Å². The lowest BCUT2D eigenvalue weighted by Gasteiger charge is -2.12. The lowest BCUT2D eigenvalue weighted by Crippen LogP contribution is -2.22. The molecule has 0 saturated carbocycles. The predicted molar refractivity (Wildman–Crippen MR) is 53.3 cm³/mol. The zero-order valence-corrected chi connectivity index (χ0v) is 8.45. The molecular weight excluding hydrogens is 198 g/mol. The van der Waals surface area contributed by atoms with E-state index in [9.17, 15) is 4.79 Å². The van der Waals surface area contributed by atoms with E-state index in [0.29, 0.717) is 0 Å². The van der Waals surface area contributed by atoms with Gasteiger partial charge in [-0.25, -0.2) is 4.98 Å². The summed E-state index contributed by atoms with van der Waals surface area (Å²) < 4.78 is 10.5. The average molecular weight is 211 g/mol. The van der Waals surface area contributed by atoms with E-state index >= 15 is 0 Å². The van der Waals surface area contributed by atoms with E-state index in [1.807, 2.05) is 0 Å². The van der Waals surface area contributed by atoms with Crippen LogP contribution in [0.15, 0.2) is 11.1 Å². The second kappa shape index (κ2) is 4.31. The van der Waals surface area contributed by atoms with Crippen LogP contribution in [0.25, 0.3) is 0 Å². The maximum Gasteiger partial charge on any atom is 0.297 e. The summed E-state index contributed by atoms with van der Waals surface area (Å²) in [5.74, 6) is 0.388. The van der Waals surface area contributed by atoms with E-state index in [0.717, 1.165) is 19.5 Å². The quantitative estimate of drug-likeness (QED) is 0.706. The Hall–Kier alpha value is -1.56. The highest BCUT2D eigenvalue weighted by atomic mass is 16.5. The smallest absolute Gasteiger partial charge is 0.297 e. The molecule has 0 aromatic carbocycles. The molecule has 1 aromatic rings. The Bertz CT molecular complexity index is 384. The molecule has 1 aliphatic rings. The first-order valence-corrected chi connectivity index (χ1v) is 4.80. The number of rotatable bonds is 3. The van der Waals surface area contributed by atoms with E-state index in [4.69, 9.17) is 9.47 Å². The molecule has 15 heavy (non-hydrogen) atoms. The monoisotopic (exact) mass is 211 g/mol. The van der Waals surface area contributed by atoms with Gasteiger partial charge < -0.3 is 19.8 Å². The number of aromatic nitrogens is 2. The summed E-state index contributed by atoms with van der Waals surface area (Å²) in [5.41, 5.74) is -0.326. The molecule has 6 nitrogen and oxygen atoms in total. The van der Waals surface area contributed by atoms with Crippen molar-refractivity contribution < 1.29 is 9.47 Å². The van der Waals surface area contributed by atoms with Gasteiger partial charge in [0.05, 0.1) is 13.4 Å². The molecule has 2 rings (SSSR count). The van der Waals surface area contributed by atoms with Gasteiger partial charge >= 0.3 is 0 Å². The average Bonchev–Trinajstić information content (AvgIpc) is 2.71. The molecule has 0 radical (unpaired) electrons. The van der Waals surface area contributed by atoms with Crippen LogP contribution in [0.3, 0.4) is 0 Å². The highest BCUT2D eigenvalue weighted by molar-refractivity contribution is 5.29. The highest BCUT2D eigenvalue weighted by Crippen LogP contribution is 2.20. The van der Waals surface area contributed by atoms with Gasteiger partial charge in [0.15, 0.2) is 0 Å². The molecule has 1 saturated heterocycles. The van der Waals surface area contributed by atoms with Crippen LogP contribution < -0.4 is 20.3 Å². The summed E-state index contributed by atoms with van der Waals surface area (Å²) in [7, 11) is 1.42. The third-order valence-electron chi connectivity index (χ3n) is 2.28. The first-order chi connectivity index (χ1) is 7.31. The topological polar surface area (TPSA) is 76.2 Å². The number of ether oxygens (including phenoxy) is 2. The highest BCUT2D eigenvalue weighted by Gasteiger charge is 2.19. The number of methoxy groups -OCH3 is 1. The van der Waals surface area contributed by atoms with Gasteiger partial charge in [-0.15, -0.1) is 0 Å². The number of nitrogens with zero attached hydrogens (tertiary/aromatic N) is 1. The summed E-state index contributed by atoms with van der Waals surface area (Å²) in [5, 5.41) is 3.17. The summed E-state index contributed by atoms with van der Waals surface area (Å²) in [4.78, 5) is 17.7. The van der Waals surface area contributed by atoms with Crippen LogP contribution in [-0.4, -0.2) is 36.3 Å². The zero-order chi connectivity index (χ0) is 10.7. The summed E-state index contributed by atoms with van der Waals surface area (Å²) in [6, 6.07) is 0. The Kier molecular flexibility index (Phi) is 2.86. The standard InChI is InChI=1S/C9H13N3O3/c1-14-7-8(13)11-5-12-9(7)15-6-2-3-10-4-6/h5-6,10H,2-4H2,1H3,(H,11,12,13). The van der Waals surface area contributed by atoms with E-state index in [1.165, 1.54) is 13.4 Å². The minimum Gasteiger partial charge on any atom is -0.487 e. The number of aromatic amines is 1. The van der Waals surface area contributed by atoms with E-state index in [2.05, 4.69) is 15.3 Å². The normalized spacial score (nSPS) is 20.2. The van der Waals surface area contributed by atoms with Gasteiger partial charge in [0.1, 0.15) is 6.10 Å². The van der Waals surface area contributed by atoms with Crippen molar-refractivity contribution in [3.05, 3.63) is 16.7 Å². The molecule has 1 fully saturated rings. The lowest BCUT2D eigenvalue weighted by atomic mass is 10.3. The number of H-pyrrole nitrogens is 1. The van der Waals surface area contributed by atoms with E-state index in [-0.39, 0.29) is 23.3 Å². The van der Waals surface area contributed by atoms with Gasteiger partial charge in [-0.2, -0.15) is 0 Å². The Balaban J connectivity index is 2.19. The van der Waals surface area contributed by atoms with Gasteiger partial charge in [-0.05, 0) is 13.0 Å². The largest absolute Gasteiger partial charge is 0.487 e. The third-order valence-corrected chi connectivity index (χ3v) is 2.28. The van der Waals surface area contributed by atoms with Crippen LogP contribution in [-0.2, 0) is 0 Å². The summed E-state index contributed by atoms with van der Waals surface area (Å²) >= 11 is 0. The number of nitrogens with one attached hydrogen (secondary N) is 2. The Morgan fingerprint density at radius 1 is 1.60 bits per heavy atom. The van der Waals surface area contributed by atoms with E-state index in [1.54, 1.807) is 0 Å². The maximum atomic E-state index is 11.3. The van der Waals surface area contributed by atoms with Crippen LogP contribution in [0.2, 0.25) is 0 Å². The SMILES string of the molecule is COc1c(OC2CCNC2)nc[nH]c1=O. The molecule has 1 aromatic heterocycles. The molecule has 2 heterocycles. The van der Waals surface area contributed by atoms with Crippen molar-refractivity contribution in [3.8, 4) is 11.6 Å². The van der Waals surface area contributed by atoms with Crippen molar-refractivity contribution in [1.82, 2.24) is 15.3 Å². The zero-order valence-electron chi connectivity index (χ0n) is 8.45. The molecule has 0 bridgehead atoms. The molecule has 2 N–H and O–H groups in total. The van der Waals surface area contributed by atoms with Crippen LogP contribution in [0.5, 0.6) is 11.6 Å². The van der Waals surface area contributed by atoms with Crippen LogP contribution >= 0.6 is 0 Å². The third kappa shape index (κ3) is 2.10. The van der Waals surface area contributed by atoms with Gasteiger partial charge in [0.2, 0.25) is 5.75 Å². The summed E-state index contributed by atoms with van der Waals surface area (Å²) in [6.07, 6.45) is 2.29. The maximum absolute atomic E-state index is 11.3. The van der Waals surface area contributed by atoms with E-state index < -0.39 is 0 Å². The summed E-state index contributed by atoms with van der Waals surface area (Å²) in [6.45, 7) is 1.70. The predicted octanol–water partition coefficient (Wildman–Crippen LogP) is -0.481. The minimum atomic E-state index is -0.326. The number of hydrogen-bond acceptors (Lipinski definition) is 5. The molecule has 1 atom stereocenters. The first kappa shape index (κ1) is 9.97.